The third-order valence-corrected chi connectivity index (χ3v) is 5.36. The Hall–Kier alpha value is -3.20. The highest BCUT2D eigenvalue weighted by Crippen LogP contribution is 2.33. The third-order valence-electron chi connectivity index (χ3n) is 4.21. The maximum absolute atomic E-state index is 12.8. The van der Waals surface area contributed by atoms with Crippen molar-refractivity contribution in [3.63, 3.8) is 0 Å². The van der Waals surface area contributed by atoms with Crippen LogP contribution in [0.15, 0.2) is 59.6 Å². The van der Waals surface area contributed by atoms with E-state index >= 15 is 0 Å². The fourth-order valence-corrected chi connectivity index (χ4v) is 4.17. The maximum atomic E-state index is 12.8. The maximum Gasteiger partial charge on any atom is 0.292 e. The van der Waals surface area contributed by atoms with Crippen LogP contribution in [0.5, 0.6) is 0 Å². The van der Waals surface area contributed by atoms with Gasteiger partial charge >= 0.3 is 0 Å². The van der Waals surface area contributed by atoms with Gasteiger partial charge in [-0.25, -0.2) is 4.99 Å². The molecular weight excluding hydrogens is 392 g/mol. The Morgan fingerprint density at radius 3 is 2.52 bits per heavy atom. The number of nitro benzene ring substituents is 1. The largest absolute Gasteiger partial charge is 0.320 e. The first kappa shape index (κ1) is 20.5. The Labute approximate surface area is 172 Å². The van der Waals surface area contributed by atoms with Gasteiger partial charge in [0.05, 0.1) is 10.6 Å². The molecule has 1 saturated heterocycles. The molecule has 1 aliphatic rings. The van der Waals surface area contributed by atoms with Crippen LogP contribution in [0, 0.1) is 10.1 Å². The van der Waals surface area contributed by atoms with Gasteiger partial charge in [0.2, 0.25) is 11.8 Å². The smallest absolute Gasteiger partial charge is 0.292 e. The van der Waals surface area contributed by atoms with Gasteiger partial charge in [0.25, 0.3) is 5.69 Å². The van der Waals surface area contributed by atoms with E-state index in [1.807, 2.05) is 44.2 Å². The van der Waals surface area contributed by atoms with Crippen molar-refractivity contribution < 1.29 is 14.5 Å². The molecule has 8 nitrogen and oxygen atoms in total. The molecule has 0 unspecified atom stereocenters. The number of hydrogen-bond donors (Lipinski definition) is 1. The van der Waals surface area contributed by atoms with E-state index < -0.39 is 16.1 Å². The van der Waals surface area contributed by atoms with E-state index in [2.05, 4.69) is 10.3 Å². The molecule has 3 rings (SSSR count). The first-order valence-corrected chi connectivity index (χ1v) is 9.91. The minimum atomic E-state index is -0.636. The first-order valence-electron chi connectivity index (χ1n) is 9.03. The van der Waals surface area contributed by atoms with Gasteiger partial charge in [-0.05, 0) is 32.0 Å². The van der Waals surface area contributed by atoms with Gasteiger partial charge in [-0.3, -0.25) is 24.6 Å². The quantitative estimate of drug-likeness (QED) is 0.571. The molecule has 1 fully saturated rings. The zero-order chi connectivity index (χ0) is 21.0. The van der Waals surface area contributed by atoms with Crippen LogP contribution in [0.4, 0.5) is 17.1 Å². The molecule has 0 aromatic heterocycles. The number of nitrogens with one attached hydrogen (secondary N) is 1. The van der Waals surface area contributed by atoms with E-state index in [4.69, 9.17) is 0 Å². The molecule has 0 bridgehead atoms. The molecule has 1 aliphatic heterocycles. The minimum absolute atomic E-state index is 0.105. The number of aliphatic imine (C=N–C) groups is 1. The Morgan fingerprint density at radius 2 is 1.86 bits per heavy atom. The number of benzene rings is 2. The van der Waals surface area contributed by atoms with Crippen molar-refractivity contribution in [3.8, 4) is 0 Å². The summed E-state index contributed by atoms with van der Waals surface area (Å²) in [5.41, 5.74) is 0.636. The number of carbonyl (C=O) groups excluding carboxylic acids is 2. The summed E-state index contributed by atoms with van der Waals surface area (Å²) in [7, 11) is 0. The lowest BCUT2D eigenvalue weighted by Gasteiger charge is -2.20. The van der Waals surface area contributed by atoms with Gasteiger partial charge < -0.3 is 5.32 Å². The standard InChI is InChI=1S/C20H20N4O4S/c1-13(2)23-19(26)17(29-20(23)21-14-8-4-3-5-9-14)12-18(25)22-15-10-6-7-11-16(15)24(27)28/h3-11,13,17H,12H2,1-2H3,(H,22,25)/t17-/m1/s1. The van der Waals surface area contributed by atoms with Crippen molar-refractivity contribution in [1.82, 2.24) is 4.90 Å². The van der Waals surface area contributed by atoms with Gasteiger partial charge in [0.1, 0.15) is 10.9 Å². The van der Waals surface area contributed by atoms with Crippen LogP contribution in [0.1, 0.15) is 20.3 Å². The van der Waals surface area contributed by atoms with Crippen LogP contribution < -0.4 is 5.32 Å². The summed E-state index contributed by atoms with van der Waals surface area (Å²) in [6, 6.07) is 15.1. The second-order valence-electron chi connectivity index (χ2n) is 6.66. The van der Waals surface area contributed by atoms with Crippen molar-refractivity contribution in [2.45, 2.75) is 31.6 Å². The molecule has 150 valence electrons. The molecule has 0 spiro atoms. The van der Waals surface area contributed by atoms with Crippen molar-refractivity contribution in [3.05, 3.63) is 64.7 Å². The molecule has 9 heteroatoms. The van der Waals surface area contributed by atoms with Crippen LogP contribution in [0.3, 0.4) is 0 Å². The van der Waals surface area contributed by atoms with Crippen LogP contribution in [0.2, 0.25) is 0 Å². The topological polar surface area (TPSA) is 105 Å². The summed E-state index contributed by atoms with van der Waals surface area (Å²) >= 11 is 1.23. The van der Waals surface area contributed by atoms with E-state index in [1.165, 1.54) is 30.0 Å². The van der Waals surface area contributed by atoms with Crippen LogP contribution >= 0.6 is 11.8 Å². The molecular formula is C20H20N4O4S. The number of anilines is 1. The Morgan fingerprint density at radius 1 is 1.21 bits per heavy atom. The predicted octanol–water partition coefficient (Wildman–Crippen LogP) is 3.96. The average Bonchev–Trinajstić information content (AvgIpc) is 2.97. The number of nitro groups is 1. The molecule has 2 aromatic carbocycles. The lowest BCUT2D eigenvalue weighted by Crippen LogP contribution is -2.38. The molecule has 1 atom stereocenters. The fourth-order valence-electron chi connectivity index (χ4n) is 2.89. The number of amides is 2. The summed E-state index contributed by atoms with van der Waals surface area (Å²) in [4.78, 5) is 42.0. The SMILES string of the molecule is CC(C)N1C(=O)[C@@H](CC(=O)Nc2ccccc2[N+](=O)[O-])SC1=Nc1ccccc1. The predicted molar refractivity (Wildman–Crippen MR) is 113 cm³/mol. The van der Waals surface area contributed by atoms with Crippen LogP contribution in [-0.4, -0.2) is 38.1 Å². The Kier molecular flexibility index (Phi) is 6.28. The van der Waals surface area contributed by atoms with E-state index in [-0.39, 0.29) is 29.7 Å². The number of amidine groups is 1. The second kappa shape index (κ2) is 8.87. The lowest BCUT2D eigenvalue weighted by molar-refractivity contribution is -0.383. The fraction of sp³-hybridized carbons (Fsp3) is 0.250. The van der Waals surface area contributed by atoms with E-state index in [0.29, 0.717) is 5.17 Å². The highest BCUT2D eigenvalue weighted by Gasteiger charge is 2.40. The molecule has 0 radical (unpaired) electrons. The van der Waals surface area contributed by atoms with Crippen molar-refractivity contribution in [2.24, 2.45) is 4.99 Å². The second-order valence-corrected chi connectivity index (χ2v) is 7.83. The van der Waals surface area contributed by atoms with Gasteiger partial charge in [0.15, 0.2) is 5.17 Å². The lowest BCUT2D eigenvalue weighted by atomic mass is 10.2. The number of carbonyl (C=O) groups is 2. The summed E-state index contributed by atoms with van der Waals surface area (Å²) in [5, 5.41) is 13.6. The van der Waals surface area contributed by atoms with Crippen molar-refractivity contribution >= 4 is 45.8 Å². The highest BCUT2D eigenvalue weighted by molar-refractivity contribution is 8.15. The van der Waals surface area contributed by atoms with Crippen molar-refractivity contribution in [2.75, 3.05) is 5.32 Å². The number of para-hydroxylation sites is 3. The monoisotopic (exact) mass is 412 g/mol. The first-order chi connectivity index (χ1) is 13.9. The number of rotatable bonds is 6. The van der Waals surface area contributed by atoms with Crippen molar-refractivity contribution in [1.29, 1.82) is 0 Å². The molecule has 0 aliphatic carbocycles. The normalized spacial score (nSPS) is 17.8. The van der Waals surface area contributed by atoms with E-state index in [9.17, 15) is 19.7 Å². The third kappa shape index (κ3) is 4.80. The number of nitrogens with zero attached hydrogens (tertiary/aromatic N) is 3. The van der Waals surface area contributed by atoms with Gasteiger partial charge in [-0.2, -0.15) is 0 Å². The Bertz CT molecular complexity index is 962. The summed E-state index contributed by atoms with van der Waals surface area (Å²) in [6.45, 7) is 3.77. The average molecular weight is 412 g/mol. The van der Waals surface area contributed by atoms with Crippen LogP contribution in [-0.2, 0) is 9.59 Å². The molecule has 2 aromatic rings. The van der Waals surface area contributed by atoms with Gasteiger partial charge in [0, 0.05) is 18.5 Å². The summed E-state index contributed by atoms with van der Waals surface area (Å²) < 4.78 is 0. The van der Waals surface area contributed by atoms with E-state index in [0.717, 1.165) is 5.69 Å². The summed E-state index contributed by atoms with van der Waals surface area (Å²) in [5.74, 6) is -0.660. The highest BCUT2D eigenvalue weighted by atomic mass is 32.2. The molecule has 1 N–H and O–H groups in total. The molecule has 2 amide bonds. The van der Waals surface area contributed by atoms with Gasteiger partial charge in [-0.1, -0.05) is 42.1 Å². The minimum Gasteiger partial charge on any atom is -0.320 e. The Balaban J connectivity index is 1.76. The zero-order valence-electron chi connectivity index (χ0n) is 15.9. The molecule has 0 saturated carbocycles. The number of hydrogen-bond acceptors (Lipinski definition) is 6. The summed E-state index contributed by atoms with van der Waals surface area (Å²) in [6.07, 6.45) is -0.105. The van der Waals surface area contributed by atoms with Crippen LogP contribution in [0.25, 0.3) is 0 Å². The van der Waals surface area contributed by atoms with Gasteiger partial charge in [-0.15, -0.1) is 0 Å². The molecule has 29 heavy (non-hydrogen) atoms. The zero-order valence-corrected chi connectivity index (χ0v) is 16.8. The van der Waals surface area contributed by atoms with E-state index in [1.54, 1.807) is 11.0 Å². The molecule has 1 heterocycles. The number of thioether (sulfide) groups is 1.